The fraction of sp³-hybridized carbons (Fsp3) is 0.500. The molecule has 3 heteroatoms. The minimum Gasteiger partial charge on any atom is -0.501 e. The van der Waals surface area contributed by atoms with Gasteiger partial charge in [0.15, 0.2) is 0 Å². The van der Waals surface area contributed by atoms with Gasteiger partial charge in [0.2, 0.25) is 5.91 Å². The van der Waals surface area contributed by atoms with E-state index in [4.69, 9.17) is 10.5 Å². The summed E-state index contributed by atoms with van der Waals surface area (Å²) in [5.41, 5.74) is 5.01. The van der Waals surface area contributed by atoms with Gasteiger partial charge in [-0.25, -0.2) is 0 Å². The average Bonchev–Trinajstić information content (AvgIpc) is 1.90. The smallest absolute Gasteiger partial charge is 0.224 e. The molecular formula is C6H9NO2. The molecule has 0 bridgehead atoms. The van der Waals surface area contributed by atoms with E-state index < -0.39 is 0 Å². The van der Waals surface area contributed by atoms with Crippen molar-refractivity contribution < 1.29 is 9.53 Å². The van der Waals surface area contributed by atoms with Gasteiger partial charge in [0.1, 0.15) is 0 Å². The lowest BCUT2D eigenvalue weighted by Gasteiger charge is -2.13. The molecule has 0 aromatic rings. The molecule has 0 spiro atoms. The third-order valence-corrected chi connectivity index (χ3v) is 1.31. The Kier molecular flexibility index (Phi) is 1.72. The van der Waals surface area contributed by atoms with E-state index in [2.05, 4.69) is 0 Å². The largest absolute Gasteiger partial charge is 0.501 e. The lowest BCUT2D eigenvalue weighted by molar-refractivity contribution is -0.123. The van der Waals surface area contributed by atoms with Gasteiger partial charge in [-0.3, -0.25) is 4.79 Å². The van der Waals surface area contributed by atoms with Gasteiger partial charge >= 0.3 is 0 Å². The number of rotatable bonds is 1. The third-order valence-electron chi connectivity index (χ3n) is 1.31. The zero-order valence-electron chi connectivity index (χ0n) is 5.04. The first-order chi connectivity index (χ1) is 4.30. The minimum absolute atomic E-state index is 0.116. The summed E-state index contributed by atoms with van der Waals surface area (Å²) in [6.45, 7) is 0.436. The number of allylic oxidation sites excluding steroid dienone is 1. The Morgan fingerprint density at radius 1 is 1.78 bits per heavy atom. The number of ether oxygens (including phenoxy) is 1. The number of hydrogen-bond donors (Lipinski definition) is 1. The van der Waals surface area contributed by atoms with Crippen molar-refractivity contribution in [1.82, 2.24) is 0 Å². The molecule has 0 saturated carbocycles. The lowest BCUT2D eigenvalue weighted by Crippen LogP contribution is -2.27. The lowest BCUT2D eigenvalue weighted by atomic mass is 10.1. The number of hydrogen-bond acceptors (Lipinski definition) is 2. The van der Waals surface area contributed by atoms with Crippen molar-refractivity contribution in [3.8, 4) is 0 Å². The Morgan fingerprint density at radius 3 is 2.89 bits per heavy atom. The zero-order valence-corrected chi connectivity index (χ0v) is 5.04. The maximum absolute atomic E-state index is 10.5. The molecule has 0 aliphatic carbocycles. The van der Waals surface area contributed by atoms with E-state index in [1.807, 2.05) is 0 Å². The van der Waals surface area contributed by atoms with E-state index in [-0.39, 0.29) is 11.8 Å². The van der Waals surface area contributed by atoms with Crippen molar-refractivity contribution in [1.29, 1.82) is 0 Å². The molecule has 1 aliphatic heterocycles. The van der Waals surface area contributed by atoms with Crippen LogP contribution < -0.4 is 5.73 Å². The molecule has 0 aromatic carbocycles. The van der Waals surface area contributed by atoms with Crippen molar-refractivity contribution in [2.75, 3.05) is 6.61 Å². The highest BCUT2D eigenvalue weighted by molar-refractivity contribution is 5.77. The van der Waals surface area contributed by atoms with Crippen LogP contribution in [-0.4, -0.2) is 12.5 Å². The predicted octanol–water partition coefficient (Wildman–Crippen LogP) is 0.0219. The van der Waals surface area contributed by atoms with Crippen LogP contribution in [0.2, 0.25) is 0 Å². The number of nitrogens with two attached hydrogens (primary N) is 1. The molecule has 1 heterocycles. The highest BCUT2D eigenvalue weighted by atomic mass is 16.5. The van der Waals surface area contributed by atoms with Gasteiger partial charge in [0, 0.05) is 0 Å². The van der Waals surface area contributed by atoms with Gasteiger partial charge in [-0.05, 0) is 12.5 Å². The topological polar surface area (TPSA) is 52.3 Å². The van der Waals surface area contributed by atoms with Gasteiger partial charge < -0.3 is 10.5 Å². The second kappa shape index (κ2) is 2.53. The fourth-order valence-corrected chi connectivity index (χ4v) is 0.726. The second-order valence-electron chi connectivity index (χ2n) is 2.04. The van der Waals surface area contributed by atoms with Gasteiger partial charge in [0.05, 0.1) is 18.8 Å². The van der Waals surface area contributed by atoms with Gasteiger partial charge in [-0.15, -0.1) is 0 Å². The molecule has 1 atom stereocenters. The van der Waals surface area contributed by atoms with E-state index in [0.29, 0.717) is 6.61 Å². The standard InChI is InChI=1S/C6H9NO2/c7-6(8)5-2-1-3-9-4-5/h1,3,5H,2,4H2,(H2,7,8). The van der Waals surface area contributed by atoms with Crippen LogP contribution in [0.25, 0.3) is 0 Å². The molecule has 9 heavy (non-hydrogen) atoms. The van der Waals surface area contributed by atoms with Crippen molar-refractivity contribution in [2.24, 2.45) is 11.7 Å². The molecule has 50 valence electrons. The van der Waals surface area contributed by atoms with Crippen LogP contribution in [0, 0.1) is 5.92 Å². The zero-order chi connectivity index (χ0) is 6.69. The average molecular weight is 127 g/mol. The normalized spacial score (nSPS) is 25.1. The Balaban J connectivity index is 2.44. The highest BCUT2D eigenvalue weighted by Crippen LogP contribution is 2.08. The van der Waals surface area contributed by atoms with Crippen LogP contribution in [-0.2, 0) is 9.53 Å². The number of primary amides is 1. The van der Waals surface area contributed by atoms with E-state index in [1.54, 1.807) is 12.3 Å². The first-order valence-corrected chi connectivity index (χ1v) is 2.86. The van der Waals surface area contributed by atoms with Gasteiger partial charge in [0.25, 0.3) is 0 Å². The van der Waals surface area contributed by atoms with Crippen LogP contribution in [0.3, 0.4) is 0 Å². The molecule has 0 saturated heterocycles. The van der Waals surface area contributed by atoms with Gasteiger partial charge in [-0.2, -0.15) is 0 Å². The Morgan fingerprint density at radius 2 is 2.56 bits per heavy atom. The Labute approximate surface area is 53.5 Å². The summed E-state index contributed by atoms with van der Waals surface area (Å²) < 4.78 is 4.86. The molecule has 2 N–H and O–H groups in total. The van der Waals surface area contributed by atoms with E-state index >= 15 is 0 Å². The first-order valence-electron chi connectivity index (χ1n) is 2.86. The van der Waals surface area contributed by atoms with Crippen molar-refractivity contribution in [3.63, 3.8) is 0 Å². The quantitative estimate of drug-likeness (QED) is 0.540. The number of carbonyl (C=O) groups is 1. The summed E-state index contributed by atoms with van der Waals surface area (Å²) in [4.78, 5) is 10.5. The molecule has 1 rings (SSSR count). The summed E-state index contributed by atoms with van der Waals surface area (Å²) in [6.07, 6.45) is 4.12. The molecule has 1 aliphatic rings. The minimum atomic E-state index is -0.278. The summed E-state index contributed by atoms with van der Waals surface area (Å²) in [5, 5.41) is 0. The van der Waals surface area contributed by atoms with E-state index in [0.717, 1.165) is 6.42 Å². The highest BCUT2D eigenvalue weighted by Gasteiger charge is 2.15. The maximum atomic E-state index is 10.5. The summed E-state index contributed by atoms with van der Waals surface area (Å²) in [6, 6.07) is 0. The molecule has 1 amide bonds. The predicted molar refractivity (Wildman–Crippen MR) is 32.4 cm³/mol. The molecule has 1 unspecified atom stereocenters. The summed E-state index contributed by atoms with van der Waals surface area (Å²) in [5.74, 6) is -0.394. The van der Waals surface area contributed by atoms with Crippen molar-refractivity contribution >= 4 is 5.91 Å². The van der Waals surface area contributed by atoms with Crippen molar-refractivity contribution in [3.05, 3.63) is 12.3 Å². The van der Waals surface area contributed by atoms with Crippen LogP contribution in [0.5, 0.6) is 0 Å². The molecule has 0 fully saturated rings. The molecule has 3 nitrogen and oxygen atoms in total. The number of carbonyl (C=O) groups excluding carboxylic acids is 1. The fourth-order valence-electron chi connectivity index (χ4n) is 0.726. The Bertz CT molecular complexity index is 142. The van der Waals surface area contributed by atoms with Crippen LogP contribution >= 0.6 is 0 Å². The van der Waals surface area contributed by atoms with Crippen molar-refractivity contribution in [2.45, 2.75) is 6.42 Å². The SMILES string of the molecule is NC(=O)C1CC=COC1. The first kappa shape index (κ1) is 6.13. The van der Waals surface area contributed by atoms with Crippen LogP contribution in [0.15, 0.2) is 12.3 Å². The Hall–Kier alpha value is -0.990. The van der Waals surface area contributed by atoms with Crippen LogP contribution in [0.1, 0.15) is 6.42 Å². The third kappa shape index (κ3) is 1.45. The van der Waals surface area contributed by atoms with Gasteiger partial charge in [-0.1, -0.05) is 0 Å². The second-order valence-corrected chi connectivity index (χ2v) is 2.04. The number of amides is 1. The van der Waals surface area contributed by atoms with E-state index in [9.17, 15) is 4.79 Å². The van der Waals surface area contributed by atoms with E-state index in [1.165, 1.54) is 0 Å². The monoisotopic (exact) mass is 127 g/mol. The van der Waals surface area contributed by atoms with Crippen LogP contribution in [0.4, 0.5) is 0 Å². The summed E-state index contributed by atoms with van der Waals surface area (Å²) in [7, 11) is 0. The summed E-state index contributed by atoms with van der Waals surface area (Å²) >= 11 is 0. The molecule has 0 radical (unpaired) electrons. The molecular weight excluding hydrogens is 118 g/mol. The molecule has 0 aromatic heterocycles. The maximum Gasteiger partial charge on any atom is 0.224 e.